The molecule has 1 amide bonds. The second-order valence-electron chi connectivity index (χ2n) is 5.73. The summed E-state index contributed by atoms with van der Waals surface area (Å²) in [4.78, 5) is 13.7. The van der Waals surface area contributed by atoms with Gasteiger partial charge in [-0.15, -0.1) is 0 Å². The van der Waals surface area contributed by atoms with Crippen LogP contribution in [-0.2, 0) is 11.3 Å². The zero-order valence-electron chi connectivity index (χ0n) is 12.7. The first-order valence-corrected chi connectivity index (χ1v) is 7.41. The Labute approximate surface area is 121 Å². The van der Waals surface area contributed by atoms with Crippen LogP contribution in [0.4, 0.5) is 5.69 Å². The van der Waals surface area contributed by atoms with E-state index in [4.69, 9.17) is 0 Å². The van der Waals surface area contributed by atoms with Crippen molar-refractivity contribution in [1.29, 1.82) is 0 Å². The SMILES string of the molecule is Cc1cc(N2CCNC(=O)CC2)ccc1CNC(C)C. The highest BCUT2D eigenvalue weighted by atomic mass is 16.1. The van der Waals surface area contributed by atoms with Crippen LogP contribution < -0.4 is 15.5 Å². The first kappa shape index (κ1) is 14.9. The number of hydrogen-bond acceptors (Lipinski definition) is 3. The van der Waals surface area contributed by atoms with Crippen molar-refractivity contribution in [1.82, 2.24) is 10.6 Å². The Hall–Kier alpha value is -1.55. The van der Waals surface area contributed by atoms with Crippen molar-refractivity contribution >= 4 is 11.6 Å². The molecule has 0 spiro atoms. The van der Waals surface area contributed by atoms with Gasteiger partial charge in [0.15, 0.2) is 0 Å². The third kappa shape index (κ3) is 3.97. The first-order chi connectivity index (χ1) is 9.56. The minimum absolute atomic E-state index is 0.155. The Morgan fingerprint density at radius 1 is 1.35 bits per heavy atom. The number of benzene rings is 1. The van der Waals surface area contributed by atoms with Gasteiger partial charge in [0, 0.05) is 44.3 Å². The smallest absolute Gasteiger partial charge is 0.221 e. The molecule has 2 rings (SSSR count). The molecule has 20 heavy (non-hydrogen) atoms. The number of rotatable bonds is 4. The van der Waals surface area contributed by atoms with Gasteiger partial charge in [0.05, 0.1) is 0 Å². The van der Waals surface area contributed by atoms with E-state index in [2.05, 4.69) is 54.5 Å². The fraction of sp³-hybridized carbons (Fsp3) is 0.562. The van der Waals surface area contributed by atoms with E-state index in [9.17, 15) is 4.79 Å². The molecule has 0 atom stereocenters. The minimum Gasteiger partial charge on any atom is -0.369 e. The molecule has 0 aliphatic carbocycles. The summed E-state index contributed by atoms with van der Waals surface area (Å²) >= 11 is 0. The van der Waals surface area contributed by atoms with E-state index in [1.807, 2.05) is 0 Å². The van der Waals surface area contributed by atoms with E-state index in [-0.39, 0.29) is 5.91 Å². The average Bonchev–Trinajstić information content (AvgIpc) is 2.62. The molecule has 1 heterocycles. The van der Waals surface area contributed by atoms with Crippen LogP contribution in [0, 0.1) is 6.92 Å². The van der Waals surface area contributed by atoms with Crippen LogP contribution in [-0.4, -0.2) is 31.6 Å². The van der Waals surface area contributed by atoms with Gasteiger partial charge in [-0.05, 0) is 30.2 Å². The lowest BCUT2D eigenvalue weighted by atomic mass is 10.1. The topological polar surface area (TPSA) is 44.4 Å². The van der Waals surface area contributed by atoms with Crippen LogP contribution in [0.2, 0.25) is 0 Å². The quantitative estimate of drug-likeness (QED) is 0.881. The van der Waals surface area contributed by atoms with Crippen molar-refractivity contribution in [2.75, 3.05) is 24.5 Å². The van der Waals surface area contributed by atoms with E-state index >= 15 is 0 Å². The molecule has 4 nitrogen and oxygen atoms in total. The number of amides is 1. The molecule has 1 aromatic rings. The zero-order valence-corrected chi connectivity index (χ0v) is 12.7. The van der Waals surface area contributed by atoms with E-state index in [0.29, 0.717) is 12.5 Å². The Morgan fingerprint density at radius 3 is 2.85 bits per heavy atom. The van der Waals surface area contributed by atoms with Gasteiger partial charge in [-0.1, -0.05) is 19.9 Å². The number of carbonyl (C=O) groups is 1. The highest BCUT2D eigenvalue weighted by Gasteiger charge is 2.14. The number of hydrogen-bond donors (Lipinski definition) is 2. The monoisotopic (exact) mass is 275 g/mol. The summed E-state index contributed by atoms with van der Waals surface area (Å²) in [5.74, 6) is 0.155. The maximum atomic E-state index is 11.4. The summed E-state index contributed by atoms with van der Waals surface area (Å²) in [5.41, 5.74) is 3.86. The van der Waals surface area contributed by atoms with Crippen molar-refractivity contribution in [2.24, 2.45) is 0 Å². The molecule has 1 aliphatic heterocycles. The van der Waals surface area contributed by atoms with Crippen LogP contribution in [0.3, 0.4) is 0 Å². The lowest BCUT2D eigenvalue weighted by Gasteiger charge is -2.23. The predicted octanol–water partition coefficient (Wildman–Crippen LogP) is 1.82. The van der Waals surface area contributed by atoms with Crippen LogP contribution in [0.15, 0.2) is 18.2 Å². The molecule has 4 heteroatoms. The normalized spacial score (nSPS) is 16.2. The standard InChI is InChI=1S/C16H25N3O/c1-12(2)18-11-14-4-5-15(10-13(14)3)19-8-6-16(20)17-7-9-19/h4-5,10,12,18H,6-9,11H2,1-3H3,(H,17,20). The van der Waals surface area contributed by atoms with Gasteiger partial charge >= 0.3 is 0 Å². The van der Waals surface area contributed by atoms with Gasteiger partial charge < -0.3 is 15.5 Å². The fourth-order valence-corrected chi connectivity index (χ4v) is 2.41. The van der Waals surface area contributed by atoms with Crippen LogP contribution in [0.25, 0.3) is 0 Å². The zero-order chi connectivity index (χ0) is 14.5. The lowest BCUT2D eigenvalue weighted by Crippen LogP contribution is -2.28. The van der Waals surface area contributed by atoms with E-state index in [0.717, 1.165) is 26.2 Å². The molecule has 1 fully saturated rings. The molecule has 1 aromatic carbocycles. The summed E-state index contributed by atoms with van der Waals surface area (Å²) in [6.45, 7) is 9.79. The Morgan fingerprint density at radius 2 is 2.15 bits per heavy atom. The molecule has 1 saturated heterocycles. The number of carbonyl (C=O) groups excluding carboxylic acids is 1. The Kier molecular flexibility index (Phi) is 5.01. The lowest BCUT2D eigenvalue weighted by molar-refractivity contribution is -0.120. The minimum atomic E-state index is 0.155. The fourth-order valence-electron chi connectivity index (χ4n) is 2.41. The second kappa shape index (κ2) is 6.75. The summed E-state index contributed by atoms with van der Waals surface area (Å²) in [6.07, 6.45) is 0.579. The van der Waals surface area contributed by atoms with Crippen LogP contribution in [0.1, 0.15) is 31.4 Å². The highest BCUT2D eigenvalue weighted by molar-refractivity contribution is 5.77. The van der Waals surface area contributed by atoms with Crippen molar-refractivity contribution in [2.45, 2.75) is 39.8 Å². The first-order valence-electron chi connectivity index (χ1n) is 7.41. The number of anilines is 1. The van der Waals surface area contributed by atoms with Crippen LogP contribution in [0.5, 0.6) is 0 Å². The second-order valence-corrected chi connectivity index (χ2v) is 5.73. The van der Waals surface area contributed by atoms with Crippen LogP contribution >= 0.6 is 0 Å². The summed E-state index contributed by atoms with van der Waals surface area (Å²) in [7, 11) is 0. The third-order valence-electron chi connectivity index (χ3n) is 3.70. The summed E-state index contributed by atoms with van der Waals surface area (Å²) < 4.78 is 0. The van der Waals surface area contributed by atoms with Crippen molar-refractivity contribution < 1.29 is 4.79 Å². The molecular formula is C16H25N3O. The van der Waals surface area contributed by atoms with Gasteiger partial charge in [-0.2, -0.15) is 0 Å². The number of aryl methyl sites for hydroxylation is 1. The molecule has 1 aliphatic rings. The van der Waals surface area contributed by atoms with Gasteiger partial charge in [0.1, 0.15) is 0 Å². The van der Waals surface area contributed by atoms with Gasteiger partial charge in [-0.3, -0.25) is 4.79 Å². The van der Waals surface area contributed by atoms with E-state index in [1.165, 1.54) is 16.8 Å². The average molecular weight is 275 g/mol. The van der Waals surface area contributed by atoms with E-state index in [1.54, 1.807) is 0 Å². The maximum absolute atomic E-state index is 11.4. The molecule has 0 radical (unpaired) electrons. The number of nitrogens with zero attached hydrogens (tertiary/aromatic N) is 1. The van der Waals surface area contributed by atoms with Crippen molar-refractivity contribution in [3.63, 3.8) is 0 Å². The molecule has 2 N–H and O–H groups in total. The summed E-state index contributed by atoms with van der Waals surface area (Å²) in [6, 6.07) is 7.09. The van der Waals surface area contributed by atoms with Gasteiger partial charge in [0.2, 0.25) is 5.91 Å². The third-order valence-corrected chi connectivity index (χ3v) is 3.70. The molecule has 0 saturated carbocycles. The summed E-state index contributed by atoms with van der Waals surface area (Å²) in [5, 5.41) is 6.36. The maximum Gasteiger partial charge on any atom is 0.221 e. The van der Waals surface area contributed by atoms with E-state index < -0.39 is 0 Å². The predicted molar refractivity (Wildman–Crippen MR) is 83.0 cm³/mol. The van der Waals surface area contributed by atoms with Gasteiger partial charge in [-0.25, -0.2) is 0 Å². The highest BCUT2D eigenvalue weighted by Crippen LogP contribution is 2.20. The largest absolute Gasteiger partial charge is 0.369 e. The molecule has 0 unspecified atom stereocenters. The Balaban J connectivity index is 2.06. The molecule has 0 aromatic heterocycles. The Bertz CT molecular complexity index is 471. The number of nitrogens with one attached hydrogen (secondary N) is 2. The van der Waals surface area contributed by atoms with Gasteiger partial charge in [0.25, 0.3) is 0 Å². The van der Waals surface area contributed by atoms with Crippen molar-refractivity contribution in [3.05, 3.63) is 29.3 Å². The molecular weight excluding hydrogens is 250 g/mol. The van der Waals surface area contributed by atoms with Crippen molar-refractivity contribution in [3.8, 4) is 0 Å². The molecule has 0 bridgehead atoms. The molecule has 110 valence electrons.